The highest BCUT2D eigenvalue weighted by atomic mass is 16.5. The first-order valence-electron chi connectivity index (χ1n) is 12.4. The minimum Gasteiger partial charge on any atom is -0.493 e. The molecule has 0 aliphatic carbocycles. The van der Waals surface area contributed by atoms with E-state index in [-0.39, 0.29) is 13.0 Å². The standard InChI is InChI=1S/C27H35N3O8/c1-35-23-9-8-20(15-24(23)38-18-19-6-4-3-5-7-19)14-21(27(34)36-2)29-26(33)22(17-31)28-25(32)16-30-10-12-37-13-11-30/h3-9,15,21-22,31H,10-14,16-18H2,1-2H3,(H,28,32)(H,29,33)/t21-,22-/m0/s1. The molecule has 1 heterocycles. The van der Waals surface area contributed by atoms with E-state index < -0.39 is 36.5 Å². The maximum Gasteiger partial charge on any atom is 0.328 e. The van der Waals surface area contributed by atoms with Gasteiger partial charge in [0.1, 0.15) is 18.7 Å². The second-order valence-electron chi connectivity index (χ2n) is 8.74. The Labute approximate surface area is 222 Å². The van der Waals surface area contributed by atoms with Crippen LogP contribution in [0.1, 0.15) is 11.1 Å². The van der Waals surface area contributed by atoms with Crippen molar-refractivity contribution in [3.63, 3.8) is 0 Å². The smallest absolute Gasteiger partial charge is 0.328 e. The van der Waals surface area contributed by atoms with E-state index in [1.54, 1.807) is 18.2 Å². The summed E-state index contributed by atoms with van der Waals surface area (Å²) < 4.78 is 21.5. The zero-order chi connectivity index (χ0) is 27.3. The molecule has 2 atom stereocenters. The Morgan fingerprint density at radius 2 is 1.71 bits per heavy atom. The van der Waals surface area contributed by atoms with Crippen LogP contribution >= 0.6 is 0 Å². The highest BCUT2D eigenvalue weighted by Gasteiger charge is 2.28. The van der Waals surface area contributed by atoms with Crippen molar-refractivity contribution < 1.29 is 38.4 Å². The molecule has 2 amide bonds. The number of amides is 2. The molecule has 0 bridgehead atoms. The van der Waals surface area contributed by atoms with Gasteiger partial charge in [-0.05, 0) is 23.3 Å². The summed E-state index contributed by atoms with van der Waals surface area (Å²) in [6.07, 6.45) is 0.0873. The number of morpholine rings is 1. The van der Waals surface area contributed by atoms with Gasteiger partial charge in [-0.25, -0.2) is 4.79 Å². The molecular weight excluding hydrogens is 494 g/mol. The lowest BCUT2D eigenvalue weighted by Crippen LogP contribution is -2.55. The van der Waals surface area contributed by atoms with E-state index in [9.17, 15) is 19.5 Å². The molecule has 0 unspecified atom stereocenters. The highest BCUT2D eigenvalue weighted by molar-refractivity contribution is 5.91. The van der Waals surface area contributed by atoms with Crippen LogP contribution < -0.4 is 20.1 Å². The van der Waals surface area contributed by atoms with Gasteiger partial charge >= 0.3 is 5.97 Å². The van der Waals surface area contributed by atoms with Gasteiger partial charge in [-0.2, -0.15) is 0 Å². The number of carbonyl (C=O) groups excluding carboxylic acids is 3. The average Bonchev–Trinajstić information content (AvgIpc) is 2.95. The normalized spacial score (nSPS) is 15.1. The topological polar surface area (TPSA) is 136 Å². The van der Waals surface area contributed by atoms with E-state index in [0.717, 1.165) is 5.56 Å². The second kappa shape index (κ2) is 14.9. The number of ether oxygens (including phenoxy) is 4. The monoisotopic (exact) mass is 529 g/mol. The lowest BCUT2D eigenvalue weighted by molar-refractivity contribution is -0.145. The van der Waals surface area contributed by atoms with Crippen molar-refractivity contribution in [3.05, 3.63) is 59.7 Å². The Balaban J connectivity index is 1.65. The lowest BCUT2D eigenvalue weighted by atomic mass is 10.0. The fourth-order valence-corrected chi connectivity index (χ4v) is 3.94. The third-order valence-electron chi connectivity index (χ3n) is 6.01. The predicted molar refractivity (Wildman–Crippen MR) is 138 cm³/mol. The number of rotatable bonds is 13. The number of hydrogen-bond acceptors (Lipinski definition) is 9. The van der Waals surface area contributed by atoms with Crippen LogP contribution in [0.5, 0.6) is 11.5 Å². The van der Waals surface area contributed by atoms with Gasteiger partial charge in [0.15, 0.2) is 11.5 Å². The first-order valence-corrected chi connectivity index (χ1v) is 12.4. The number of nitrogens with one attached hydrogen (secondary N) is 2. The van der Waals surface area contributed by atoms with Crippen molar-refractivity contribution in [1.82, 2.24) is 15.5 Å². The van der Waals surface area contributed by atoms with Crippen molar-refractivity contribution in [3.8, 4) is 11.5 Å². The maximum atomic E-state index is 12.9. The van der Waals surface area contributed by atoms with Crippen molar-refractivity contribution >= 4 is 17.8 Å². The molecule has 0 radical (unpaired) electrons. The van der Waals surface area contributed by atoms with E-state index in [1.165, 1.54) is 14.2 Å². The fraction of sp³-hybridized carbons (Fsp3) is 0.444. The van der Waals surface area contributed by atoms with Crippen LogP contribution in [0.4, 0.5) is 0 Å². The zero-order valence-corrected chi connectivity index (χ0v) is 21.7. The summed E-state index contributed by atoms with van der Waals surface area (Å²) in [5, 5.41) is 14.9. The molecule has 1 saturated heterocycles. The molecule has 206 valence electrons. The third kappa shape index (κ3) is 8.72. The number of carbonyl (C=O) groups is 3. The van der Waals surface area contributed by atoms with Crippen molar-refractivity contribution in [2.24, 2.45) is 0 Å². The SMILES string of the molecule is COC(=O)[C@H](Cc1ccc(OC)c(OCc2ccccc2)c1)NC(=O)[C@H](CO)NC(=O)CN1CCOCC1. The van der Waals surface area contributed by atoms with Crippen LogP contribution in [0.25, 0.3) is 0 Å². The Morgan fingerprint density at radius 3 is 2.37 bits per heavy atom. The summed E-state index contributed by atoms with van der Waals surface area (Å²) in [4.78, 5) is 39.7. The van der Waals surface area contributed by atoms with Crippen LogP contribution in [0.2, 0.25) is 0 Å². The molecular formula is C27H35N3O8. The fourth-order valence-electron chi connectivity index (χ4n) is 3.94. The molecule has 2 aromatic rings. The Bertz CT molecular complexity index is 1060. The number of aliphatic hydroxyl groups excluding tert-OH is 1. The summed E-state index contributed by atoms with van der Waals surface area (Å²) in [6, 6.07) is 12.6. The van der Waals surface area contributed by atoms with Gasteiger partial charge in [-0.3, -0.25) is 14.5 Å². The summed E-state index contributed by atoms with van der Waals surface area (Å²) in [7, 11) is 2.75. The van der Waals surface area contributed by atoms with Gasteiger partial charge in [-0.1, -0.05) is 36.4 Å². The van der Waals surface area contributed by atoms with E-state index in [2.05, 4.69) is 10.6 Å². The molecule has 1 aliphatic heterocycles. The highest BCUT2D eigenvalue weighted by Crippen LogP contribution is 2.29. The first kappa shape index (κ1) is 28.9. The zero-order valence-electron chi connectivity index (χ0n) is 21.7. The molecule has 2 aromatic carbocycles. The van der Waals surface area contributed by atoms with Gasteiger partial charge in [0.05, 0.1) is 40.6 Å². The molecule has 1 fully saturated rings. The van der Waals surface area contributed by atoms with E-state index >= 15 is 0 Å². The quantitative estimate of drug-likeness (QED) is 0.313. The number of aliphatic hydroxyl groups is 1. The van der Waals surface area contributed by atoms with Crippen LogP contribution in [0.15, 0.2) is 48.5 Å². The summed E-state index contributed by atoms with van der Waals surface area (Å²) in [5.74, 6) is -0.783. The Morgan fingerprint density at radius 1 is 0.974 bits per heavy atom. The van der Waals surface area contributed by atoms with Gasteiger partial charge in [0, 0.05) is 19.5 Å². The minimum absolute atomic E-state index is 0.0746. The van der Waals surface area contributed by atoms with Crippen molar-refractivity contribution in [1.29, 1.82) is 0 Å². The lowest BCUT2D eigenvalue weighted by Gasteiger charge is -2.27. The minimum atomic E-state index is -1.23. The number of methoxy groups -OCH3 is 2. The summed E-state index contributed by atoms with van der Waals surface area (Å²) in [5.41, 5.74) is 1.66. The van der Waals surface area contributed by atoms with E-state index in [0.29, 0.717) is 50.0 Å². The van der Waals surface area contributed by atoms with Gasteiger partial charge in [-0.15, -0.1) is 0 Å². The average molecular weight is 530 g/mol. The number of benzene rings is 2. The van der Waals surface area contributed by atoms with Gasteiger partial charge in [0.25, 0.3) is 0 Å². The number of esters is 1. The first-order chi connectivity index (χ1) is 18.4. The molecule has 38 heavy (non-hydrogen) atoms. The van der Waals surface area contributed by atoms with Crippen molar-refractivity contribution in [2.45, 2.75) is 25.1 Å². The number of hydrogen-bond donors (Lipinski definition) is 3. The molecule has 0 spiro atoms. The second-order valence-corrected chi connectivity index (χ2v) is 8.74. The Kier molecular flexibility index (Phi) is 11.3. The molecule has 1 aliphatic rings. The summed E-state index contributed by atoms with van der Waals surface area (Å²) in [6.45, 7) is 2.03. The van der Waals surface area contributed by atoms with Crippen LogP contribution in [0.3, 0.4) is 0 Å². The van der Waals surface area contributed by atoms with Gasteiger partial charge in [0.2, 0.25) is 11.8 Å². The molecule has 0 saturated carbocycles. The molecule has 3 rings (SSSR count). The predicted octanol–water partition coefficient (Wildman–Crippen LogP) is 0.284. The van der Waals surface area contributed by atoms with E-state index in [1.807, 2.05) is 35.2 Å². The molecule has 3 N–H and O–H groups in total. The maximum absolute atomic E-state index is 12.9. The van der Waals surface area contributed by atoms with Crippen LogP contribution in [-0.4, -0.2) is 93.5 Å². The van der Waals surface area contributed by atoms with E-state index in [4.69, 9.17) is 18.9 Å². The molecule has 11 heteroatoms. The number of nitrogens with zero attached hydrogens (tertiary/aromatic N) is 1. The Hall–Kier alpha value is -3.67. The van der Waals surface area contributed by atoms with Gasteiger partial charge < -0.3 is 34.7 Å². The third-order valence-corrected chi connectivity index (χ3v) is 6.01. The molecule has 0 aromatic heterocycles. The summed E-state index contributed by atoms with van der Waals surface area (Å²) >= 11 is 0. The van der Waals surface area contributed by atoms with Crippen molar-refractivity contribution in [2.75, 3.05) is 53.7 Å². The molecule has 11 nitrogen and oxygen atoms in total. The van der Waals surface area contributed by atoms with Crippen LogP contribution in [-0.2, 0) is 36.9 Å². The largest absolute Gasteiger partial charge is 0.493 e. The van der Waals surface area contributed by atoms with Crippen LogP contribution in [0, 0.1) is 0 Å².